The minimum Gasteiger partial charge on any atom is -0.390 e. The van der Waals surface area contributed by atoms with E-state index in [1.165, 1.54) is 6.20 Å². The van der Waals surface area contributed by atoms with Crippen molar-refractivity contribution in [3.63, 3.8) is 0 Å². The molecule has 0 saturated heterocycles. The highest BCUT2D eigenvalue weighted by molar-refractivity contribution is 5.73. The zero-order valence-electron chi connectivity index (χ0n) is 8.67. The van der Waals surface area contributed by atoms with Crippen LogP contribution in [0.3, 0.4) is 0 Å². The Morgan fingerprint density at radius 3 is 2.94 bits per heavy atom. The molecule has 0 aliphatic heterocycles. The number of pyridine rings is 1. The van der Waals surface area contributed by atoms with Crippen molar-refractivity contribution >= 4 is 11.0 Å². The molecule has 0 saturated carbocycles. The summed E-state index contributed by atoms with van der Waals surface area (Å²) in [5, 5.41) is 26.0. The fourth-order valence-corrected chi connectivity index (χ4v) is 1.56. The van der Waals surface area contributed by atoms with E-state index in [4.69, 9.17) is 5.73 Å². The lowest BCUT2D eigenvalue weighted by Crippen LogP contribution is -2.21. The van der Waals surface area contributed by atoms with Gasteiger partial charge in [-0.05, 0) is 19.0 Å². The van der Waals surface area contributed by atoms with E-state index >= 15 is 0 Å². The van der Waals surface area contributed by atoms with E-state index in [-0.39, 0.29) is 0 Å². The number of nitrogens with two attached hydrogens (primary N) is 1. The van der Waals surface area contributed by atoms with Crippen molar-refractivity contribution < 1.29 is 10.2 Å². The molecule has 2 unspecified atom stereocenters. The molecule has 0 spiro atoms. The van der Waals surface area contributed by atoms with Gasteiger partial charge in [-0.1, -0.05) is 0 Å². The van der Waals surface area contributed by atoms with Crippen LogP contribution in [-0.2, 0) is 0 Å². The number of fused-ring (bicyclic) bond motifs is 1. The number of aromatic amines is 1. The summed E-state index contributed by atoms with van der Waals surface area (Å²) in [6, 6.07) is 1.72. The van der Waals surface area contributed by atoms with Crippen LogP contribution in [-0.4, -0.2) is 38.0 Å². The van der Waals surface area contributed by atoms with Gasteiger partial charge in [0.05, 0.1) is 17.8 Å². The number of aliphatic hydroxyl groups is 2. The molecule has 2 rings (SSSR count). The first-order valence-corrected chi connectivity index (χ1v) is 5.07. The number of rotatable bonds is 4. The van der Waals surface area contributed by atoms with E-state index in [1.807, 2.05) is 0 Å². The minimum atomic E-state index is -0.969. The van der Waals surface area contributed by atoms with E-state index in [0.29, 0.717) is 18.5 Å². The molecule has 16 heavy (non-hydrogen) atoms. The van der Waals surface area contributed by atoms with Crippen molar-refractivity contribution in [1.82, 2.24) is 15.2 Å². The van der Waals surface area contributed by atoms with E-state index in [0.717, 1.165) is 11.0 Å². The lowest BCUT2D eigenvalue weighted by molar-refractivity contribution is 0.0149. The highest BCUT2D eigenvalue weighted by Crippen LogP contribution is 2.20. The molecule has 0 radical (unpaired) electrons. The Morgan fingerprint density at radius 2 is 2.19 bits per heavy atom. The number of H-pyrrole nitrogens is 1. The van der Waals surface area contributed by atoms with E-state index < -0.39 is 12.2 Å². The van der Waals surface area contributed by atoms with Crippen molar-refractivity contribution in [2.45, 2.75) is 18.6 Å². The van der Waals surface area contributed by atoms with E-state index in [2.05, 4.69) is 15.2 Å². The topological polar surface area (TPSA) is 108 Å². The maximum atomic E-state index is 9.84. The Balaban J connectivity index is 2.24. The van der Waals surface area contributed by atoms with Crippen LogP contribution in [0.2, 0.25) is 0 Å². The molecule has 5 N–H and O–H groups in total. The minimum absolute atomic E-state index is 0.331. The Labute approximate surface area is 92.1 Å². The molecule has 0 amide bonds. The van der Waals surface area contributed by atoms with Gasteiger partial charge in [0.25, 0.3) is 0 Å². The average molecular weight is 222 g/mol. The molecule has 0 aromatic carbocycles. The van der Waals surface area contributed by atoms with Crippen LogP contribution in [0, 0.1) is 0 Å². The second-order valence-corrected chi connectivity index (χ2v) is 3.66. The fraction of sp³-hybridized carbons (Fsp3) is 0.400. The van der Waals surface area contributed by atoms with Crippen molar-refractivity contribution in [3.05, 3.63) is 24.0 Å². The third-order valence-corrected chi connectivity index (χ3v) is 2.48. The third-order valence-electron chi connectivity index (χ3n) is 2.48. The average Bonchev–Trinajstić information content (AvgIpc) is 2.75. The van der Waals surface area contributed by atoms with Crippen LogP contribution in [0.5, 0.6) is 0 Å². The zero-order chi connectivity index (χ0) is 11.5. The number of nitrogens with one attached hydrogen (secondary N) is 1. The van der Waals surface area contributed by atoms with Gasteiger partial charge in [0.2, 0.25) is 0 Å². The molecular formula is C10H14N4O2. The summed E-state index contributed by atoms with van der Waals surface area (Å²) in [5.41, 5.74) is 7.33. The first kappa shape index (κ1) is 11.0. The summed E-state index contributed by atoms with van der Waals surface area (Å²) in [6.07, 6.45) is 1.64. The van der Waals surface area contributed by atoms with E-state index in [9.17, 15) is 10.2 Å². The molecular weight excluding hydrogens is 208 g/mol. The van der Waals surface area contributed by atoms with Gasteiger partial charge in [-0.2, -0.15) is 5.10 Å². The number of hydrogen-bond donors (Lipinski definition) is 4. The Hall–Kier alpha value is -1.50. The van der Waals surface area contributed by atoms with Crippen molar-refractivity contribution in [1.29, 1.82) is 0 Å². The SMILES string of the molecule is NCCC(O)C(O)c1cnc2cn[nH]c2c1. The Kier molecular flexibility index (Phi) is 3.14. The Bertz CT molecular complexity index is 471. The summed E-state index contributed by atoms with van der Waals surface area (Å²) in [7, 11) is 0. The predicted octanol–water partition coefficient (Wildman–Crippen LogP) is -0.299. The Morgan fingerprint density at radius 1 is 1.38 bits per heavy atom. The molecule has 2 aromatic heterocycles. The fourth-order valence-electron chi connectivity index (χ4n) is 1.56. The largest absolute Gasteiger partial charge is 0.390 e. The summed E-state index contributed by atoms with van der Waals surface area (Å²) in [4.78, 5) is 4.11. The van der Waals surface area contributed by atoms with Crippen LogP contribution in [0.15, 0.2) is 18.5 Å². The van der Waals surface area contributed by atoms with Crippen LogP contribution in [0.1, 0.15) is 18.1 Å². The van der Waals surface area contributed by atoms with Gasteiger partial charge in [-0.3, -0.25) is 10.1 Å². The summed E-state index contributed by atoms with van der Waals surface area (Å²) >= 11 is 0. The second-order valence-electron chi connectivity index (χ2n) is 3.66. The van der Waals surface area contributed by atoms with Gasteiger partial charge in [-0.15, -0.1) is 0 Å². The molecule has 2 aromatic rings. The predicted molar refractivity (Wildman–Crippen MR) is 58.5 cm³/mol. The van der Waals surface area contributed by atoms with Gasteiger partial charge in [0, 0.05) is 11.8 Å². The molecule has 2 heterocycles. The van der Waals surface area contributed by atoms with Gasteiger partial charge in [0.15, 0.2) is 0 Å². The third kappa shape index (κ3) is 2.04. The monoisotopic (exact) mass is 222 g/mol. The maximum Gasteiger partial charge on any atom is 0.108 e. The highest BCUT2D eigenvalue weighted by Gasteiger charge is 2.18. The van der Waals surface area contributed by atoms with Gasteiger partial charge in [-0.25, -0.2) is 0 Å². The number of nitrogens with zero attached hydrogens (tertiary/aromatic N) is 2. The van der Waals surface area contributed by atoms with Crippen LogP contribution in [0.25, 0.3) is 11.0 Å². The van der Waals surface area contributed by atoms with Crippen LogP contribution >= 0.6 is 0 Å². The molecule has 0 bridgehead atoms. The zero-order valence-corrected chi connectivity index (χ0v) is 8.67. The highest BCUT2D eigenvalue weighted by atomic mass is 16.3. The summed E-state index contributed by atoms with van der Waals surface area (Å²) in [5.74, 6) is 0. The summed E-state index contributed by atoms with van der Waals surface area (Å²) in [6.45, 7) is 0.331. The normalized spacial score (nSPS) is 15.2. The van der Waals surface area contributed by atoms with Gasteiger partial charge >= 0.3 is 0 Å². The summed E-state index contributed by atoms with van der Waals surface area (Å²) < 4.78 is 0. The number of aliphatic hydroxyl groups excluding tert-OH is 2. The molecule has 6 heteroatoms. The van der Waals surface area contributed by atoms with Gasteiger partial charge < -0.3 is 15.9 Å². The molecule has 0 fully saturated rings. The molecule has 6 nitrogen and oxygen atoms in total. The molecule has 0 aliphatic carbocycles. The number of aromatic nitrogens is 3. The second kappa shape index (κ2) is 4.56. The van der Waals surface area contributed by atoms with Crippen LogP contribution < -0.4 is 5.73 Å². The first-order chi connectivity index (χ1) is 7.72. The molecule has 86 valence electrons. The smallest absolute Gasteiger partial charge is 0.108 e. The lowest BCUT2D eigenvalue weighted by atomic mass is 10.0. The van der Waals surface area contributed by atoms with Crippen molar-refractivity contribution in [3.8, 4) is 0 Å². The van der Waals surface area contributed by atoms with Crippen molar-refractivity contribution in [2.75, 3.05) is 6.54 Å². The maximum absolute atomic E-state index is 9.84. The van der Waals surface area contributed by atoms with E-state index in [1.54, 1.807) is 12.3 Å². The van der Waals surface area contributed by atoms with Gasteiger partial charge in [0.1, 0.15) is 11.6 Å². The molecule has 2 atom stereocenters. The first-order valence-electron chi connectivity index (χ1n) is 5.07. The van der Waals surface area contributed by atoms with Crippen LogP contribution in [0.4, 0.5) is 0 Å². The quantitative estimate of drug-likeness (QED) is 0.568. The standard InChI is InChI=1S/C10H14N4O2/c11-2-1-9(15)10(16)6-3-7-8(12-4-6)5-13-14-7/h3-5,9-10,15-16H,1-2,11H2,(H,13,14). The lowest BCUT2D eigenvalue weighted by Gasteiger charge is -2.16. The van der Waals surface area contributed by atoms with Crippen molar-refractivity contribution in [2.24, 2.45) is 5.73 Å². The molecule has 0 aliphatic rings. The number of hydrogen-bond acceptors (Lipinski definition) is 5.